The van der Waals surface area contributed by atoms with Crippen LogP contribution >= 0.6 is 0 Å². The lowest BCUT2D eigenvalue weighted by Crippen LogP contribution is -2.21. The second-order valence-electron chi connectivity index (χ2n) is 4.63. The van der Waals surface area contributed by atoms with Crippen molar-refractivity contribution in [3.8, 4) is 5.75 Å². The van der Waals surface area contributed by atoms with Gasteiger partial charge < -0.3 is 15.8 Å². The van der Waals surface area contributed by atoms with Gasteiger partial charge in [0.05, 0.1) is 18.8 Å². The van der Waals surface area contributed by atoms with Crippen LogP contribution in [-0.4, -0.2) is 13.7 Å². The molecule has 0 amide bonds. The number of hydrogen-bond acceptors (Lipinski definition) is 3. The van der Waals surface area contributed by atoms with Gasteiger partial charge in [-0.15, -0.1) is 0 Å². The average Bonchev–Trinajstić information content (AvgIpc) is 2.46. The normalized spacial score (nSPS) is 12.0. The fraction of sp³-hybridized carbons (Fsp3) is 0.250. The van der Waals surface area contributed by atoms with Crippen molar-refractivity contribution in [1.82, 2.24) is 0 Å². The third kappa shape index (κ3) is 3.08. The number of rotatable bonds is 5. The topological polar surface area (TPSA) is 47.3 Å². The van der Waals surface area contributed by atoms with Crippen LogP contribution in [0.25, 0.3) is 0 Å². The minimum absolute atomic E-state index is 0.0908. The van der Waals surface area contributed by atoms with E-state index in [9.17, 15) is 4.39 Å². The fourth-order valence-electron chi connectivity index (χ4n) is 2.25. The number of benzene rings is 2. The molecule has 0 aliphatic heterocycles. The maximum atomic E-state index is 13.2. The molecule has 3 N–H and O–H groups in total. The molecule has 0 aromatic heterocycles. The van der Waals surface area contributed by atoms with Gasteiger partial charge in [-0.25, -0.2) is 4.39 Å². The highest BCUT2D eigenvalue weighted by Crippen LogP contribution is 2.28. The SMILES string of the molecule is COc1ccccc1NC(CN)c1ccc(F)cc1C. The van der Waals surface area contributed by atoms with E-state index >= 15 is 0 Å². The van der Waals surface area contributed by atoms with Gasteiger partial charge >= 0.3 is 0 Å². The highest BCUT2D eigenvalue weighted by atomic mass is 19.1. The molecule has 0 radical (unpaired) electrons. The van der Waals surface area contributed by atoms with Gasteiger partial charge in [-0.3, -0.25) is 0 Å². The van der Waals surface area contributed by atoms with E-state index in [-0.39, 0.29) is 11.9 Å². The lowest BCUT2D eigenvalue weighted by atomic mass is 10.0. The number of nitrogens with one attached hydrogen (secondary N) is 1. The van der Waals surface area contributed by atoms with Crippen molar-refractivity contribution in [2.75, 3.05) is 19.0 Å². The predicted molar refractivity (Wildman–Crippen MR) is 79.5 cm³/mol. The highest BCUT2D eigenvalue weighted by molar-refractivity contribution is 5.57. The Balaban J connectivity index is 2.29. The van der Waals surface area contributed by atoms with E-state index in [4.69, 9.17) is 10.5 Å². The van der Waals surface area contributed by atoms with Crippen LogP contribution in [0.4, 0.5) is 10.1 Å². The summed E-state index contributed by atoms with van der Waals surface area (Å²) in [4.78, 5) is 0. The number of methoxy groups -OCH3 is 1. The fourth-order valence-corrected chi connectivity index (χ4v) is 2.25. The monoisotopic (exact) mass is 274 g/mol. The lowest BCUT2D eigenvalue weighted by molar-refractivity contribution is 0.416. The quantitative estimate of drug-likeness (QED) is 0.879. The van der Waals surface area contributed by atoms with E-state index in [1.165, 1.54) is 12.1 Å². The summed E-state index contributed by atoms with van der Waals surface area (Å²) in [6.45, 7) is 2.29. The molecule has 1 unspecified atom stereocenters. The standard InChI is InChI=1S/C16H19FN2O/c1-11-9-12(17)7-8-13(11)15(10-18)19-14-5-3-4-6-16(14)20-2/h3-9,15,19H,10,18H2,1-2H3. The molecule has 1 atom stereocenters. The molecule has 2 aromatic rings. The summed E-state index contributed by atoms with van der Waals surface area (Å²) >= 11 is 0. The van der Waals surface area contributed by atoms with E-state index < -0.39 is 0 Å². The number of nitrogens with two attached hydrogens (primary N) is 1. The molecule has 2 rings (SSSR count). The summed E-state index contributed by atoms with van der Waals surface area (Å²) in [5.41, 5.74) is 8.59. The van der Waals surface area contributed by atoms with Crippen LogP contribution < -0.4 is 15.8 Å². The van der Waals surface area contributed by atoms with Crippen LogP contribution in [0, 0.1) is 12.7 Å². The first-order valence-corrected chi connectivity index (χ1v) is 6.51. The van der Waals surface area contributed by atoms with Gasteiger partial charge in [0.25, 0.3) is 0 Å². The van der Waals surface area contributed by atoms with Crippen LogP contribution in [-0.2, 0) is 0 Å². The Morgan fingerprint density at radius 1 is 1.25 bits per heavy atom. The Bertz CT molecular complexity index is 586. The third-order valence-electron chi connectivity index (χ3n) is 3.28. The molecule has 0 fully saturated rings. The minimum atomic E-state index is -0.237. The first-order valence-electron chi connectivity index (χ1n) is 6.51. The molecule has 20 heavy (non-hydrogen) atoms. The van der Waals surface area contributed by atoms with E-state index in [2.05, 4.69) is 5.32 Å². The third-order valence-corrected chi connectivity index (χ3v) is 3.28. The second-order valence-corrected chi connectivity index (χ2v) is 4.63. The first-order chi connectivity index (χ1) is 9.65. The van der Waals surface area contributed by atoms with Crippen molar-refractivity contribution >= 4 is 5.69 Å². The van der Waals surface area contributed by atoms with Crippen LogP contribution in [0.5, 0.6) is 5.75 Å². The van der Waals surface area contributed by atoms with Crippen molar-refractivity contribution < 1.29 is 9.13 Å². The number of halogens is 1. The minimum Gasteiger partial charge on any atom is -0.495 e. The zero-order valence-electron chi connectivity index (χ0n) is 11.7. The molecule has 2 aromatic carbocycles. The Hall–Kier alpha value is -2.07. The number of aryl methyl sites for hydroxylation is 1. The van der Waals surface area contributed by atoms with Crippen molar-refractivity contribution in [3.05, 3.63) is 59.4 Å². The van der Waals surface area contributed by atoms with Gasteiger partial charge in [-0.1, -0.05) is 18.2 Å². The molecule has 0 aliphatic carbocycles. The molecule has 106 valence electrons. The van der Waals surface area contributed by atoms with Crippen LogP contribution in [0.2, 0.25) is 0 Å². The summed E-state index contributed by atoms with van der Waals surface area (Å²) < 4.78 is 18.5. The molecule has 0 saturated heterocycles. The Morgan fingerprint density at radius 2 is 2.00 bits per heavy atom. The number of hydrogen-bond donors (Lipinski definition) is 2. The predicted octanol–water partition coefficient (Wildman–Crippen LogP) is 3.25. The molecular formula is C16H19FN2O. The van der Waals surface area contributed by atoms with Crippen molar-refractivity contribution in [1.29, 1.82) is 0 Å². The van der Waals surface area contributed by atoms with Crippen molar-refractivity contribution in [2.24, 2.45) is 5.73 Å². The number of anilines is 1. The Kier molecular flexibility index (Phi) is 4.58. The molecule has 0 spiro atoms. The van der Waals surface area contributed by atoms with Gasteiger partial charge in [0, 0.05) is 6.54 Å². The van der Waals surface area contributed by atoms with Crippen LogP contribution in [0.3, 0.4) is 0 Å². The molecule has 3 nitrogen and oxygen atoms in total. The molecule has 0 saturated carbocycles. The molecular weight excluding hydrogens is 255 g/mol. The summed E-state index contributed by atoms with van der Waals surface area (Å²) in [6.07, 6.45) is 0. The Morgan fingerprint density at radius 3 is 2.65 bits per heavy atom. The van der Waals surface area contributed by atoms with E-state index in [0.29, 0.717) is 6.54 Å². The van der Waals surface area contributed by atoms with E-state index in [1.807, 2.05) is 31.2 Å². The van der Waals surface area contributed by atoms with Gasteiger partial charge in [0.2, 0.25) is 0 Å². The summed E-state index contributed by atoms with van der Waals surface area (Å²) in [6, 6.07) is 12.3. The second kappa shape index (κ2) is 6.39. The van der Waals surface area contributed by atoms with Gasteiger partial charge in [-0.05, 0) is 42.3 Å². The lowest BCUT2D eigenvalue weighted by Gasteiger charge is -2.22. The van der Waals surface area contributed by atoms with Crippen LogP contribution in [0.1, 0.15) is 17.2 Å². The smallest absolute Gasteiger partial charge is 0.141 e. The average molecular weight is 274 g/mol. The Labute approximate surface area is 118 Å². The molecule has 0 aliphatic rings. The van der Waals surface area contributed by atoms with Gasteiger partial charge in [0.15, 0.2) is 0 Å². The van der Waals surface area contributed by atoms with Crippen molar-refractivity contribution in [3.63, 3.8) is 0 Å². The summed E-state index contributed by atoms with van der Waals surface area (Å²) in [7, 11) is 1.63. The van der Waals surface area contributed by atoms with Gasteiger partial charge in [0.1, 0.15) is 11.6 Å². The van der Waals surface area contributed by atoms with Gasteiger partial charge in [-0.2, -0.15) is 0 Å². The molecule has 4 heteroatoms. The maximum absolute atomic E-state index is 13.2. The molecule has 0 heterocycles. The summed E-state index contributed by atoms with van der Waals surface area (Å²) in [5.74, 6) is 0.519. The zero-order chi connectivity index (χ0) is 14.5. The van der Waals surface area contributed by atoms with Crippen molar-refractivity contribution in [2.45, 2.75) is 13.0 Å². The summed E-state index contributed by atoms with van der Waals surface area (Å²) in [5, 5.41) is 3.35. The molecule has 0 bridgehead atoms. The van der Waals surface area contributed by atoms with E-state index in [0.717, 1.165) is 22.6 Å². The highest BCUT2D eigenvalue weighted by Gasteiger charge is 2.14. The number of ether oxygens (including phenoxy) is 1. The van der Waals surface area contributed by atoms with E-state index in [1.54, 1.807) is 13.2 Å². The largest absolute Gasteiger partial charge is 0.495 e. The number of para-hydroxylation sites is 2. The first kappa shape index (κ1) is 14.3. The maximum Gasteiger partial charge on any atom is 0.141 e. The van der Waals surface area contributed by atoms with Crippen LogP contribution in [0.15, 0.2) is 42.5 Å². The zero-order valence-corrected chi connectivity index (χ0v) is 11.7.